The predicted octanol–water partition coefficient (Wildman–Crippen LogP) is 2.29. The number of para-hydroxylation sites is 2. The molecule has 7 heteroatoms. The maximum atomic E-state index is 12.5. The minimum Gasteiger partial charge on any atom is -0.324 e. The first-order valence-electron chi connectivity index (χ1n) is 8.20. The Kier molecular flexibility index (Phi) is 3.97. The number of fused-ring (bicyclic) bond motifs is 1. The van der Waals surface area contributed by atoms with Crippen LogP contribution in [0.25, 0.3) is 17.1 Å². The molecule has 27 heavy (non-hydrogen) atoms. The standard InChI is InChI=1S/C20H14N4O3/c1-23-16-5-3-2-4-15(16)22-20(23)17(25)7-6-13-12-14(10-11-21-13)24-18(26)8-9-19(24)27/h2-12H,1H3/b7-6+. The van der Waals surface area contributed by atoms with E-state index in [2.05, 4.69) is 9.97 Å². The molecular weight excluding hydrogens is 344 g/mol. The topological polar surface area (TPSA) is 85.2 Å². The van der Waals surface area contributed by atoms with Gasteiger partial charge in [-0.15, -0.1) is 0 Å². The number of ketones is 1. The second-order valence-corrected chi connectivity index (χ2v) is 5.96. The molecule has 0 fully saturated rings. The van der Waals surface area contributed by atoms with Crippen LogP contribution in [0.2, 0.25) is 0 Å². The first-order chi connectivity index (χ1) is 13.0. The SMILES string of the molecule is Cn1c(C(=O)/C=C/c2cc(N3C(=O)C=CC3=O)ccn2)nc2ccccc21. The zero-order valence-corrected chi connectivity index (χ0v) is 14.4. The molecule has 0 atom stereocenters. The zero-order chi connectivity index (χ0) is 19.0. The molecular formula is C20H14N4O3. The fraction of sp³-hybridized carbons (Fsp3) is 0.0500. The van der Waals surface area contributed by atoms with Gasteiger partial charge < -0.3 is 4.57 Å². The van der Waals surface area contributed by atoms with Gasteiger partial charge in [0.2, 0.25) is 5.78 Å². The molecule has 0 aliphatic carbocycles. The highest BCUT2D eigenvalue weighted by atomic mass is 16.2. The number of allylic oxidation sites excluding steroid dienone is 1. The second kappa shape index (κ2) is 6.45. The third-order valence-electron chi connectivity index (χ3n) is 4.25. The molecule has 3 heterocycles. The molecule has 0 N–H and O–H groups in total. The summed E-state index contributed by atoms with van der Waals surface area (Å²) in [6, 6.07) is 10.6. The summed E-state index contributed by atoms with van der Waals surface area (Å²) in [5, 5.41) is 0. The summed E-state index contributed by atoms with van der Waals surface area (Å²) >= 11 is 0. The summed E-state index contributed by atoms with van der Waals surface area (Å²) in [7, 11) is 1.78. The summed E-state index contributed by atoms with van der Waals surface area (Å²) in [4.78, 5) is 45.7. The largest absolute Gasteiger partial charge is 0.324 e. The molecule has 0 unspecified atom stereocenters. The molecule has 1 aromatic carbocycles. The summed E-state index contributed by atoms with van der Waals surface area (Å²) < 4.78 is 1.74. The van der Waals surface area contributed by atoms with Crippen LogP contribution >= 0.6 is 0 Å². The summed E-state index contributed by atoms with van der Waals surface area (Å²) in [5.41, 5.74) is 2.47. The highest BCUT2D eigenvalue weighted by Crippen LogP contribution is 2.20. The van der Waals surface area contributed by atoms with Crippen molar-refractivity contribution in [2.45, 2.75) is 0 Å². The quantitative estimate of drug-likeness (QED) is 0.406. The van der Waals surface area contributed by atoms with Crippen LogP contribution in [-0.4, -0.2) is 32.1 Å². The molecule has 2 aromatic heterocycles. The van der Waals surface area contributed by atoms with E-state index < -0.39 is 11.8 Å². The number of benzene rings is 1. The third kappa shape index (κ3) is 2.95. The van der Waals surface area contributed by atoms with E-state index in [1.54, 1.807) is 23.7 Å². The van der Waals surface area contributed by atoms with Crippen molar-refractivity contribution in [1.82, 2.24) is 14.5 Å². The average Bonchev–Trinajstić information content (AvgIpc) is 3.19. The first-order valence-corrected chi connectivity index (χ1v) is 8.20. The van der Waals surface area contributed by atoms with E-state index in [0.717, 1.165) is 15.9 Å². The van der Waals surface area contributed by atoms with Gasteiger partial charge in [0.15, 0.2) is 5.82 Å². The molecule has 1 aliphatic heterocycles. The van der Waals surface area contributed by atoms with E-state index in [1.807, 2.05) is 24.3 Å². The monoisotopic (exact) mass is 358 g/mol. The molecule has 0 radical (unpaired) electrons. The highest BCUT2D eigenvalue weighted by Gasteiger charge is 2.25. The molecule has 2 amide bonds. The van der Waals surface area contributed by atoms with Crippen LogP contribution in [0.4, 0.5) is 5.69 Å². The molecule has 0 saturated carbocycles. The van der Waals surface area contributed by atoms with E-state index in [0.29, 0.717) is 17.2 Å². The van der Waals surface area contributed by atoms with Gasteiger partial charge in [0.05, 0.1) is 22.4 Å². The van der Waals surface area contributed by atoms with Gasteiger partial charge in [0.25, 0.3) is 11.8 Å². The van der Waals surface area contributed by atoms with E-state index in [-0.39, 0.29) is 5.78 Å². The van der Waals surface area contributed by atoms with Gasteiger partial charge in [-0.1, -0.05) is 12.1 Å². The number of anilines is 1. The van der Waals surface area contributed by atoms with Crippen LogP contribution in [0, 0.1) is 0 Å². The van der Waals surface area contributed by atoms with Crippen LogP contribution in [0.15, 0.2) is 60.8 Å². The molecule has 4 rings (SSSR count). The fourth-order valence-corrected chi connectivity index (χ4v) is 2.92. The lowest BCUT2D eigenvalue weighted by molar-refractivity contribution is -0.119. The van der Waals surface area contributed by atoms with Gasteiger partial charge in [-0.25, -0.2) is 9.88 Å². The lowest BCUT2D eigenvalue weighted by atomic mass is 10.2. The normalized spacial score (nSPS) is 14.0. The Hall–Kier alpha value is -3.87. The van der Waals surface area contributed by atoms with Gasteiger partial charge >= 0.3 is 0 Å². The molecule has 1 aliphatic rings. The molecule has 0 spiro atoms. The molecule has 7 nitrogen and oxygen atoms in total. The Labute approximate surface area is 154 Å². The average molecular weight is 358 g/mol. The lowest BCUT2D eigenvalue weighted by Crippen LogP contribution is -2.29. The van der Waals surface area contributed by atoms with E-state index in [4.69, 9.17) is 0 Å². The van der Waals surface area contributed by atoms with Crippen LogP contribution in [0.3, 0.4) is 0 Å². The molecule has 132 valence electrons. The number of rotatable bonds is 4. The van der Waals surface area contributed by atoms with Crippen LogP contribution < -0.4 is 4.90 Å². The first kappa shape index (κ1) is 16.6. The number of nitrogens with zero attached hydrogens (tertiary/aromatic N) is 4. The predicted molar refractivity (Wildman–Crippen MR) is 99.9 cm³/mol. The fourth-order valence-electron chi connectivity index (χ4n) is 2.92. The van der Waals surface area contributed by atoms with Gasteiger partial charge in [-0.2, -0.15) is 0 Å². The number of pyridine rings is 1. The number of imidazole rings is 1. The van der Waals surface area contributed by atoms with E-state index in [9.17, 15) is 14.4 Å². The minimum atomic E-state index is -0.406. The second-order valence-electron chi connectivity index (χ2n) is 5.96. The van der Waals surface area contributed by atoms with Crippen LogP contribution in [0.5, 0.6) is 0 Å². The van der Waals surface area contributed by atoms with E-state index >= 15 is 0 Å². The van der Waals surface area contributed by atoms with Gasteiger partial charge in [-0.05, 0) is 36.4 Å². The van der Waals surface area contributed by atoms with Crippen LogP contribution in [-0.2, 0) is 16.6 Å². The molecule has 0 saturated heterocycles. The van der Waals surface area contributed by atoms with Gasteiger partial charge in [-0.3, -0.25) is 19.4 Å². The van der Waals surface area contributed by atoms with Crippen molar-refractivity contribution in [2.75, 3.05) is 4.90 Å². The summed E-state index contributed by atoms with van der Waals surface area (Å²) in [6.45, 7) is 0. The Morgan fingerprint density at radius 3 is 2.56 bits per heavy atom. The molecule has 0 bridgehead atoms. The lowest BCUT2D eigenvalue weighted by Gasteiger charge is -2.13. The maximum Gasteiger partial charge on any atom is 0.258 e. The van der Waals surface area contributed by atoms with Crippen molar-refractivity contribution in [1.29, 1.82) is 0 Å². The zero-order valence-electron chi connectivity index (χ0n) is 14.4. The molecule has 3 aromatic rings. The summed E-state index contributed by atoms with van der Waals surface area (Å²) in [5.74, 6) is -0.762. The third-order valence-corrected chi connectivity index (χ3v) is 4.25. The van der Waals surface area contributed by atoms with Crippen molar-refractivity contribution < 1.29 is 14.4 Å². The number of amides is 2. The van der Waals surface area contributed by atoms with E-state index in [1.165, 1.54) is 30.5 Å². The number of imide groups is 1. The number of carbonyl (C=O) groups excluding carboxylic acids is 3. The number of aryl methyl sites for hydroxylation is 1. The Morgan fingerprint density at radius 2 is 1.81 bits per heavy atom. The van der Waals surface area contributed by atoms with Crippen molar-refractivity contribution in [3.05, 3.63) is 72.3 Å². The van der Waals surface area contributed by atoms with Crippen LogP contribution in [0.1, 0.15) is 16.3 Å². The van der Waals surface area contributed by atoms with Crippen molar-refractivity contribution in [2.24, 2.45) is 7.05 Å². The van der Waals surface area contributed by atoms with Crippen molar-refractivity contribution >= 4 is 40.4 Å². The van der Waals surface area contributed by atoms with Gasteiger partial charge in [0, 0.05) is 25.4 Å². The maximum absolute atomic E-state index is 12.5. The number of aromatic nitrogens is 3. The highest BCUT2D eigenvalue weighted by molar-refractivity contribution is 6.28. The van der Waals surface area contributed by atoms with Crippen molar-refractivity contribution in [3.8, 4) is 0 Å². The Balaban J connectivity index is 1.60. The summed E-state index contributed by atoms with van der Waals surface area (Å²) in [6.07, 6.45) is 6.82. The number of carbonyl (C=O) groups is 3. The smallest absolute Gasteiger partial charge is 0.258 e. The van der Waals surface area contributed by atoms with Crippen molar-refractivity contribution in [3.63, 3.8) is 0 Å². The Bertz CT molecular complexity index is 1140. The number of hydrogen-bond donors (Lipinski definition) is 0. The number of hydrogen-bond acceptors (Lipinski definition) is 5. The minimum absolute atomic E-state index is 0.268. The van der Waals surface area contributed by atoms with Gasteiger partial charge in [0.1, 0.15) is 0 Å². The Morgan fingerprint density at radius 1 is 1.07 bits per heavy atom.